The van der Waals surface area contributed by atoms with Crippen molar-refractivity contribution < 1.29 is 19.1 Å². The minimum atomic E-state index is -0.862. The van der Waals surface area contributed by atoms with Gasteiger partial charge < -0.3 is 15.3 Å². The molecule has 21 heavy (non-hydrogen) atoms. The van der Waals surface area contributed by atoms with Crippen molar-refractivity contribution >= 4 is 12.0 Å². The van der Waals surface area contributed by atoms with Crippen LogP contribution in [0.1, 0.15) is 5.56 Å². The van der Waals surface area contributed by atoms with Crippen molar-refractivity contribution in [2.75, 3.05) is 32.7 Å². The number of aliphatic carboxylic acids is 1. The highest BCUT2D eigenvalue weighted by Crippen LogP contribution is 2.05. The Kier molecular flexibility index (Phi) is 5.10. The topological polar surface area (TPSA) is 72.9 Å². The Morgan fingerprint density at radius 3 is 2.57 bits per heavy atom. The summed E-state index contributed by atoms with van der Waals surface area (Å²) >= 11 is 0. The fourth-order valence-electron chi connectivity index (χ4n) is 2.24. The Hall–Kier alpha value is -2.15. The van der Waals surface area contributed by atoms with E-state index < -0.39 is 5.97 Å². The number of piperazine rings is 1. The Balaban J connectivity index is 1.76. The van der Waals surface area contributed by atoms with Crippen LogP contribution < -0.4 is 5.32 Å². The van der Waals surface area contributed by atoms with Gasteiger partial charge in [-0.2, -0.15) is 0 Å². The molecule has 0 saturated carbocycles. The zero-order valence-corrected chi connectivity index (χ0v) is 11.6. The van der Waals surface area contributed by atoms with Crippen molar-refractivity contribution in [1.82, 2.24) is 15.1 Å². The molecule has 0 atom stereocenters. The van der Waals surface area contributed by atoms with Gasteiger partial charge in [0.1, 0.15) is 5.82 Å². The molecule has 0 unspecified atom stereocenters. The summed E-state index contributed by atoms with van der Waals surface area (Å²) in [4.78, 5) is 26.0. The third-order valence-electron chi connectivity index (χ3n) is 3.35. The normalized spacial score (nSPS) is 15.8. The average Bonchev–Trinajstić information content (AvgIpc) is 2.45. The molecule has 1 aromatic rings. The number of hydrogen-bond acceptors (Lipinski definition) is 3. The van der Waals surface area contributed by atoms with E-state index in [2.05, 4.69) is 5.32 Å². The molecular formula is C14H18FN3O3. The summed E-state index contributed by atoms with van der Waals surface area (Å²) in [5.41, 5.74) is 0.702. The van der Waals surface area contributed by atoms with Crippen LogP contribution in [0.3, 0.4) is 0 Å². The molecule has 7 heteroatoms. The first kappa shape index (κ1) is 15.2. The molecule has 0 bridgehead atoms. The molecule has 0 radical (unpaired) electrons. The van der Waals surface area contributed by atoms with Gasteiger partial charge in [0.25, 0.3) is 0 Å². The average molecular weight is 295 g/mol. The molecule has 0 aliphatic carbocycles. The van der Waals surface area contributed by atoms with E-state index in [1.807, 2.05) is 0 Å². The predicted octanol–water partition coefficient (Wildman–Crippen LogP) is 0.738. The molecule has 114 valence electrons. The second-order valence-electron chi connectivity index (χ2n) is 4.95. The Morgan fingerprint density at radius 2 is 1.95 bits per heavy atom. The van der Waals surface area contributed by atoms with Crippen molar-refractivity contribution in [1.29, 1.82) is 0 Å². The summed E-state index contributed by atoms with van der Waals surface area (Å²) in [5.74, 6) is -1.19. The van der Waals surface area contributed by atoms with Crippen molar-refractivity contribution in [3.8, 4) is 0 Å². The molecule has 1 aliphatic heterocycles. The fraction of sp³-hybridized carbons (Fsp3) is 0.429. The van der Waals surface area contributed by atoms with Gasteiger partial charge in [-0.25, -0.2) is 9.18 Å². The zero-order valence-electron chi connectivity index (χ0n) is 11.6. The van der Waals surface area contributed by atoms with Gasteiger partial charge in [0.05, 0.1) is 6.54 Å². The van der Waals surface area contributed by atoms with Crippen molar-refractivity contribution in [3.63, 3.8) is 0 Å². The van der Waals surface area contributed by atoms with Gasteiger partial charge in [-0.1, -0.05) is 12.1 Å². The smallest absolute Gasteiger partial charge is 0.317 e. The van der Waals surface area contributed by atoms with Crippen molar-refractivity contribution in [3.05, 3.63) is 35.6 Å². The quantitative estimate of drug-likeness (QED) is 0.859. The molecule has 6 nitrogen and oxygen atoms in total. The first-order valence-corrected chi connectivity index (χ1v) is 6.76. The SMILES string of the molecule is O=C(O)CN1CCN(C(=O)NCc2cccc(F)c2)CC1. The van der Waals surface area contributed by atoms with Gasteiger partial charge in [0.15, 0.2) is 0 Å². The van der Waals surface area contributed by atoms with E-state index in [4.69, 9.17) is 5.11 Å². The maximum Gasteiger partial charge on any atom is 0.317 e. The number of nitrogens with zero attached hydrogens (tertiary/aromatic N) is 2. The largest absolute Gasteiger partial charge is 0.480 e. The highest BCUT2D eigenvalue weighted by Gasteiger charge is 2.21. The minimum Gasteiger partial charge on any atom is -0.480 e. The number of halogens is 1. The van der Waals surface area contributed by atoms with Crippen LogP contribution in [0.4, 0.5) is 9.18 Å². The number of carbonyl (C=O) groups excluding carboxylic acids is 1. The Labute approximate surface area is 122 Å². The summed E-state index contributed by atoms with van der Waals surface area (Å²) in [6, 6.07) is 5.86. The summed E-state index contributed by atoms with van der Waals surface area (Å²) in [7, 11) is 0. The first-order chi connectivity index (χ1) is 10.0. The number of nitrogens with one attached hydrogen (secondary N) is 1. The van der Waals surface area contributed by atoms with E-state index in [0.717, 1.165) is 0 Å². The number of carboxylic acids is 1. The lowest BCUT2D eigenvalue weighted by molar-refractivity contribution is -0.138. The third kappa shape index (κ3) is 4.71. The van der Waals surface area contributed by atoms with E-state index in [9.17, 15) is 14.0 Å². The lowest BCUT2D eigenvalue weighted by Gasteiger charge is -2.33. The van der Waals surface area contributed by atoms with E-state index in [-0.39, 0.29) is 24.9 Å². The van der Waals surface area contributed by atoms with Crippen LogP contribution in [-0.2, 0) is 11.3 Å². The molecule has 2 amide bonds. The molecule has 0 spiro atoms. The van der Waals surface area contributed by atoms with E-state index >= 15 is 0 Å². The van der Waals surface area contributed by atoms with E-state index in [1.165, 1.54) is 12.1 Å². The predicted molar refractivity (Wildman–Crippen MR) is 74.3 cm³/mol. The molecule has 1 aliphatic rings. The number of benzene rings is 1. The highest BCUT2D eigenvalue weighted by molar-refractivity contribution is 5.74. The summed E-state index contributed by atoms with van der Waals surface area (Å²) in [6.07, 6.45) is 0. The second-order valence-corrected chi connectivity index (χ2v) is 4.95. The van der Waals surface area contributed by atoms with Crippen molar-refractivity contribution in [2.45, 2.75) is 6.54 Å². The molecular weight excluding hydrogens is 277 g/mol. The second kappa shape index (κ2) is 7.03. The fourth-order valence-corrected chi connectivity index (χ4v) is 2.24. The van der Waals surface area contributed by atoms with Gasteiger partial charge in [-0.15, -0.1) is 0 Å². The first-order valence-electron chi connectivity index (χ1n) is 6.76. The van der Waals surface area contributed by atoms with Crippen LogP contribution in [0.25, 0.3) is 0 Å². The van der Waals surface area contributed by atoms with Gasteiger partial charge in [0.2, 0.25) is 0 Å². The molecule has 1 heterocycles. The van der Waals surface area contributed by atoms with Crippen LogP contribution in [0, 0.1) is 5.82 Å². The Morgan fingerprint density at radius 1 is 1.24 bits per heavy atom. The highest BCUT2D eigenvalue weighted by atomic mass is 19.1. The van der Waals surface area contributed by atoms with Gasteiger partial charge >= 0.3 is 12.0 Å². The number of urea groups is 1. The zero-order chi connectivity index (χ0) is 15.2. The summed E-state index contributed by atoms with van der Waals surface area (Å²) in [5, 5.41) is 11.4. The number of rotatable bonds is 4. The van der Waals surface area contributed by atoms with Crippen LogP contribution in [0.15, 0.2) is 24.3 Å². The van der Waals surface area contributed by atoms with E-state index in [1.54, 1.807) is 21.9 Å². The van der Waals surface area contributed by atoms with Crippen LogP contribution in [0.5, 0.6) is 0 Å². The summed E-state index contributed by atoms with van der Waals surface area (Å²) < 4.78 is 13.0. The molecule has 1 aromatic carbocycles. The molecule has 0 aromatic heterocycles. The Bertz CT molecular complexity index is 516. The monoisotopic (exact) mass is 295 g/mol. The minimum absolute atomic E-state index is 0.00124. The van der Waals surface area contributed by atoms with Crippen LogP contribution in [-0.4, -0.2) is 59.6 Å². The molecule has 1 saturated heterocycles. The number of amides is 2. The van der Waals surface area contributed by atoms with Crippen LogP contribution in [0.2, 0.25) is 0 Å². The van der Waals surface area contributed by atoms with Gasteiger partial charge in [0, 0.05) is 32.7 Å². The van der Waals surface area contributed by atoms with Crippen LogP contribution >= 0.6 is 0 Å². The molecule has 2 N–H and O–H groups in total. The molecule has 2 rings (SSSR count). The maximum atomic E-state index is 13.0. The molecule has 1 fully saturated rings. The summed E-state index contributed by atoms with van der Waals surface area (Å²) in [6.45, 7) is 2.33. The lowest BCUT2D eigenvalue weighted by atomic mass is 10.2. The third-order valence-corrected chi connectivity index (χ3v) is 3.35. The standard InChI is InChI=1S/C14H18FN3O3/c15-12-3-1-2-11(8-12)9-16-14(21)18-6-4-17(5-7-18)10-13(19)20/h1-3,8H,4-7,9-10H2,(H,16,21)(H,19,20). The lowest BCUT2D eigenvalue weighted by Crippen LogP contribution is -2.52. The van der Waals surface area contributed by atoms with Crippen molar-refractivity contribution in [2.24, 2.45) is 0 Å². The van der Waals surface area contributed by atoms with Gasteiger partial charge in [-0.3, -0.25) is 9.69 Å². The van der Waals surface area contributed by atoms with Gasteiger partial charge in [-0.05, 0) is 17.7 Å². The number of hydrogen-bond donors (Lipinski definition) is 2. The number of carboxylic acid groups (broad SMARTS) is 1. The number of carbonyl (C=O) groups is 2. The maximum absolute atomic E-state index is 13.0. The van der Waals surface area contributed by atoms with E-state index in [0.29, 0.717) is 31.7 Å².